The molecule has 16 nitrogen and oxygen atoms in total. The van der Waals surface area contributed by atoms with Crippen LogP contribution in [0.25, 0.3) is 5.52 Å². The number of aliphatic hydroxyl groups is 2. The molecule has 2 aliphatic heterocycles. The molecule has 4 heterocycles. The van der Waals surface area contributed by atoms with Gasteiger partial charge in [-0.15, -0.1) is 0 Å². The lowest BCUT2D eigenvalue weighted by atomic mass is 9.96. The van der Waals surface area contributed by atoms with Crippen LogP contribution in [0, 0.1) is 11.3 Å². The number of likely N-dealkylation sites (tertiary alicyclic amines) is 1. The minimum absolute atomic E-state index is 0.0585. The van der Waals surface area contributed by atoms with Gasteiger partial charge in [-0.3, -0.25) is 14.1 Å². The number of nitriles is 1. The molecule has 45 heavy (non-hydrogen) atoms. The Balaban J connectivity index is 1.32. The largest absolute Gasteiger partial charge is 0.461 e. The Hall–Kier alpha value is -4.10. The van der Waals surface area contributed by atoms with Crippen LogP contribution in [-0.4, -0.2) is 91.2 Å². The van der Waals surface area contributed by atoms with Gasteiger partial charge >= 0.3 is 13.7 Å². The number of nitrogens with two attached hydrogens (primary N) is 1. The zero-order valence-electron chi connectivity index (χ0n) is 24.6. The van der Waals surface area contributed by atoms with Gasteiger partial charge in [-0.2, -0.15) is 15.4 Å². The summed E-state index contributed by atoms with van der Waals surface area (Å²) in [6.07, 6.45) is -3.03. The lowest BCUT2D eigenvalue weighted by molar-refractivity contribution is -0.153. The number of hydrogen-bond donors (Lipinski definition) is 4. The first kappa shape index (κ1) is 32.3. The number of nitrogens with zero attached hydrogens (tertiary/aromatic N) is 5. The monoisotopic (exact) mass is 643 g/mol. The Labute approximate surface area is 258 Å². The first-order valence-electron chi connectivity index (χ1n) is 14.2. The summed E-state index contributed by atoms with van der Waals surface area (Å²) < 4.78 is 38.2. The third-order valence-electron chi connectivity index (χ3n) is 7.73. The number of carbonyl (C=O) groups excluding carboxylic acids is 2. The summed E-state index contributed by atoms with van der Waals surface area (Å²) in [6.45, 7) is 2.94. The molecule has 2 aromatic heterocycles. The molecule has 2 saturated heterocycles. The van der Waals surface area contributed by atoms with Crippen molar-refractivity contribution < 1.29 is 42.9 Å². The number of anilines is 1. The Morgan fingerprint density at radius 3 is 2.62 bits per heavy atom. The van der Waals surface area contributed by atoms with Crippen molar-refractivity contribution in [2.24, 2.45) is 0 Å². The number of nitrogens with one attached hydrogen (secondary N) is 1. The highest BCUT2D eigenvalue weighted by molar-refractivity contribution is 7.52. The topological polar surface area (TPSA) is 224 Å². The lowest BCUT2D eigenvalue weighted by Crippen LogP contribution is -2.46. The molecule has 0 spiro atoms. The van der Waals surface area contributed by atoms with E-state index in [0.717, 1.165) is 0 Å². The van der Waals surface area contributed by atoms with Crippen LogP contribution in [0.15, 0.2) is 48.8 Å². The summed E-state index contributed by atoms with van der Waals surface area (Å²) in [4.78, 5) is 30.2. The molecule has 1 unspecified atom stereocenters. The van der Waals surface area contributed by atoms with E-state index in [9.17, 15) is 29.6 Å². The fourth-order valence-electron chi connectivity index (χ4n) is 5.21. The number of fused-ring (bicyclic) bond motifs is 1. The lowest BCUT2D eigenvalue weighted by Gasteiger charge is -2.32. The number of aliphatic hydroxyl groups excluding tert-OH is 2. The maximum Gasteiger partial charge on any atom is 0.459 e. The highest BCUT2D eigenvalue weighted by Crippen LogP contribution is 2.48. The van der Waals surface area contributed by atoms with Crippen molar-refractivity contribution in [2.45, 2.75) is 62.7 Å². The molecule has 1 amide bonds. The van der Waals surface area contributed by atoms with Crippen LogP contribution in [0.5, 0.6) is 5.75 Å². The van der Waals surface area contributed by atoms with Crippen LogP contribution in [0.3, 0.4) is 0 Å². The molecule has 5 rings (SSSR count). The summed E-state index contributed by atoms with van der Waals surface area (Å²) in [6, 6.07) is 11.8. The molecule has 0 aliphatic carbocycles. The first-order valence-corrected chi connectivity index (χ1v) is 15.8. The van der Waals surface area contributed by atoms with Gasteiger partial charge in [0, 0.05) is 32.9 Å². The van der Waals surface area contributed by atoms with E-state index in [1.165, 1.54) is 36.8 Å². The van der Waals surface area contributed by atoms with Crippen LogP contribution in [-0.2, 0) is 28.2 Å². The fraction of sp³-hybridized carbons (Fsp3) is 0.464. The predicted octanol–water partition coefficient (Wildman–Crippen LogP) is 1.10. The molecule has 0 bridgehead atoms. The minimum atomic E-state index is -4.48. The second-order valence-corrected chi connectivity index (χ2v) is 12.5. The van der Waals surface area contributed by atoms with E-state index < -0.39 is 56.4 Å². The highest BCUT2D eigenvalue weighted by atomic mass is 31.2. The van der Waals surface area contributed by atoms with E-state index in [1.807, 2.05) is 6.07 Å². The summed E-state index contributed by atoms with van der Waals surface area (Å²) in [5.74, 6) is -0.504. The van der Waals surface area contributed by atoms with Crippen molar-refractivity contribution in [2.75, 3.05) is 25.4 Å². The zero-order valence-corrected chi connectivity index (χ0v) is 25.4. The molecule has 3 aromatic rings. The van der Waals surface area contributed by atoms with Gasteiger partial charge in [0.15, 0.2) is 5.82 Å². The number of carbonyl (C=O) groups is 2. The molecule has 0 saturated carbocycles. The zero-order chi connectivity index (χ0) is 32.4. The normalized spacial score (nSPS) is 25.8. The SMILES string of the molecule is CC(=O)N1CCC(OC(=O)[C@H](C)NP(=O)(OC[C@@]2(C#N)O[C@@H](c3ccc4c(N)ncnn34)[C@H](O)[C@@H]2O)Oc2ccccc2)CC1. The first-order chi connectivity index (χ1) is 21.4. The van der Waals surface area contributed by atoms with Crippen molar-refractivity contribution in [3.05, 3.63) is 54.5 Å². The number of aromatic nitrogens is 3. The highest BCUT2D eigenvalue weighted by Gasteiger charge is 2.57. The summed E-state index contributed by atoms with van der Waals surface area (Å²) in [5.41, 5.74) is 4.38. The molecule has 17 heteroatoms. The van der Waals surface area contributed by atoms with E-state index in [4.69, 9.17) is 24.3 Å². The van der Waals surface area contributed by atoms with Crippen LogP contribution in [0.4, 0.5) is 5.82 Å². The third kappa shape index (κ3) is 6.79. The van der Waals surface area contributed by atoms with Gasteiger partial charge in [0.2, 0.25) is 11.5 Å². The molecule has 0 radical (unpaired) electrons. The molecule has 240 valence electrons. The maximum atomic E-state index is 14.1. The predicted molar refractivity (Wildman–Crippen MR) is 156 cm³/mol. The number of benzene rings is 1. The molecule has 5 N–H and O–H groups in total. The van der Waals surface area contributed by atoms with Crippen molar-refractivity contribution >= 4 is 31.0 Å². The number of piperidine rings is 1. The number of nitrogen functional groups attached to an aromatic ring is 1. The number of amides is 1. The van der Waals surface area contributed by atoms with Crippen LogP contribution in [0.1, 0.15) is 38.5 Å². The summed E-state index contributed by atoms with van der Waals surface area (Å²) >= 11 is 0. The quantitative estimate of drug-likeness (QED) is 0.179. The van der Waals surface area contributed by atoms with Gasteiger partial charge in [0.1, 0.15) is 60.7 Å². The van der Waals surface area contributed by atoms with E-state index in [2.05, 4.69) is 15.2 Å². The number of para-hydroxylation sites is 1. The van der Waals surface area contributed by atoms with Gasteiger partial charge in [0.25, 0.3) is 0 Å². The molecular weight excluding hydrogens is 609 g/mol. The van der Waals surface area contributed by atoms with E-state index >= 15 is 0 Å². The fourth-order valence-corrected chi connectivity index (χ4v) is 6.73. The number of rotatable bonds is 10. The van der Waals surface area contributed by atoms with Gasteiger partial charge < -0.3 is 34.8 Å². The van der Waals surface area contributed by atoms with Crippen LogP contribution < -0.4 is 15.3 Å². The van der Waals surface area contributed by atoms with Gasteiger partial charge in [-0.25, -0.2) is 14.1 Å². The van der Waals surface area contributed by atoms with E-state index in [1.54, 1.807) is 35.2 Å². The van der Waals surface area contributed by atoms with Gasteiger partial charge in [-0.05, 0) is 31.2 Å². The number of esters is 1. The molecule has 2 fully saturated rings. The summed E-state index contributed by atoms with van der Waals surface area (Å²) in [5, 5.41) is 38.7. The molecule has 2 aliphatic rings. The van der Waals surface area contributed by atoms with Crippen LogP contribution >= 0.6 is 7.75 Å². The Morgan fingerprint density at radius 2 is 1.96 bits per heavy atom. The van der Waals surface area contributed by atoms with Gasteiger partial charge in [-0.1, -0.05) is 18.2 Å². The molecule has 6 atom stereocenters. The molecule has 1 aromatic carbocycles. The third-order valence-corrected chi connectivity index (χ3v) is 9.36. The number of ether oxygens (including phenoxy) is 2. The second kappa shape index (κ2) is 13.1. The smallest absolute Gasteiger partial charge is 0.459 e. The van der Waals surface area contributed by atoms with Crippen molar-refractivity contribution in [3.8, 4) is 11.8 Å². The standard InChI is InChI=1S/C28H34N7O9P/c1-17(27(39)42-19-10-12-34(13-11-19)18(2)36)33-45(40,44-20-6-4-3-5-7-20)41-15-28(14-29)25(38)23(37)24(43-28)21-8-9-22-26(30)31-16-32-35(21)22/h3-9,16-17,19,23-25,37-38H,10-13,15H2,1-2H3,(H,33,40)(H2,30,31,32)/t17-,23-,24-,25-,28+,45?/m0/s1. The van der Waals surface area contributed by atoms with E-state index in [0.29, 0.717) is 31.4 Å². The minimum Gasteiger partial charge on any atom is -0.461 e. The Kier molecular flexibility index (Phi) is 9.40. The average molecular weight is 644 g/mol. The van der Waals surface area contributed by atoms with Crippen molar-refractivity contribution in [1.82, 2.24) is 24.6 Å². The van der Waals surface area contributed by atoms with Crippen LogP contribution in [0.2, 0.25) is 0 Å². The van der Waals surface area contributed by atoms with Crippen molar-refractivity contribution in [3.63, 3.8) is 0 Å². The Bertz CT molecular complexity index is 1630. The molecular formula is C28H34N7O9P. The second-order valence-electron chi connectivity index (χ2n) is 10.8. The van der Waals surface area contributed by atoms with Crippen molar-refractivity contribution in [1.29, 1.82) is 5.26 Å². The van der Waals surface area contributed by atoms with Gasteiger partial charge in [0.05, 0.1) is 5.69 Å². The average Bonchev–Trinajstić information content (AvgIpc) is 3.56. The number of hydrogen-bond acceptors (Lipinski definition) is 13. The maximum absolute atomic E-state index is 14.1. The summed E-state index contributed by atoms with van der Waals surface area (Å²) in [7, 11) is -4.48. The van der Waals surface area contributed by atoms with E-state index in [-0.39, 0.29) is 23.2 Å². The Morgan fingerprint density at radius 1 is 1.24 bits per heavy atom.